The summed E-state index contributed by atoms with van der Waals surface area (Å²) >= 11 is 0. The molecule has 2 N–H and O–H groups in total. The molecule has 1 aliphatic heterocycles. The number of anilines is 1. The van der Waals surface area contributed by atoms with E-state index < -0.39 is 21.8 Å². The Morgan fingerprint density at radius 3 is 2.52 bits per heavy atom. The number of hydrogen-bond donors (Lipinski definition) is 2. The lowest BCUT2D eigenvalue weighted by molar-refractivity contribution is -0.136. The third kappa shape index (κ3) is 5.71. The molecule has 0 bridgehead atoms. The molecule has 1 saturated heterocycles. The molecule has 7 nitrogen and oxygen atoms in total. The minimum atomic E-state index is -3.59. The predicted molar refractivity (Wildman–Crippen MR) is 120 cm³/mol. The van der Waals surface area contributed by atoms with Gasteiger partial charge in [-0.1, -0.05) is 36.8 Å². The van der Waals surface area contributed by atoms with Gasteiger partial charge in [-0.3, -0.25) is 9.59 Å². The van der Waals surface area contributed by atoms with Crippen LogP contribution in [0.1, 0.15) is 36.8 Å². The van der Waals surface area contributed by atoms with Crippen LogP contribution in [-0.4, -0.2) is 43.7 Å². The summed E-state index contributed by atoms with van der Waals surface area (Å²) in [5, 5.41) is 5.26. The Hall–Kier alpha value is -2.71. The van der Waals surface area contributed by atoms with Gasteiger partial charge in [-0.05, 0) is 62.4 Å². The zero-order valence-electron chi connectivity index (χ0n) is 17.9. The fourth-order valence-electron chi connectivity index (χ4n) is 3.79. The van der Waals surface area contributed by atoms with Crippen molar-refractivity contribution < 1.29 is 18.0 Å². The van der Waals surface area contributed by atoms with Gasteiger partial charge < -0.3 is 10.6 Å². The maximum absolute atomic E-state index is 13.0. The summed E-state index contributed by atoms with van der Waals surface area (Å²) in [5.41, 5.74) is 2.46. The number of rotatable bonds is 6. The number of amides is 2. The van der Waals surface area contributed by atoms with Crippen LogP contribution in [0.5, 0.6) is 0 Å². The molecule has 0 aromatic heterocycles. The zero-order valence-corrected chi connectivity index (χ0v) is 18.7. The molecule has 8 heteroatoms. The fraction of sp³-hybridized carbons (Fsp3) is 0.391. The summed E-state index contributed by atoms with van der Waals surface area (Å²) in [6.07, 6.45) is 2.94. The minimum Gasteiger partial charge on any atom is -0.348 e. The lowest BCUT2D eigenvalue weighted by atomic mass is 10.0. The Morgan fingerprint density at radius 1 is 1.03 bits per heavy atom. The van der Waals surface area contributed by atoms with E-state index in [1.807, 2.05) is 32.0 Å². The van der Waals surface area contributed by atoms with Crippen LogP contribution in [0.25, 0.3) is 0 Å². The van der Waals surface area contributed by atoms with Crippen molar-refractivity contribution in [3.8, 4) is 0 Å². The molecular weight excluding hydrogens is 414 g/mol. The maximum atomic E-state index is 13.0. The highest BCUT2D eigenvalue weighted by Gasteiger charge is 2.33. The van der Waals surface area contributed by atoms with Gasteiger partial charge in [0.15, 0.2) is 0 Å². The molecule has 0 aliphatic carbocycles. The molecule has 2 aromatic rings. The van der Waals surface area contributed by atoms with Crippen molar-refractivity contribution in [1.29, 1.82) is 0 Å². The second-order valence-electron chi connectivity index (χ2n) is 7.90. The third-order valence-corrected chi connectivity index (χ3v) is 7.50. The van der Waals surface area contributed by atoms with Crippen molar-refractivity contribution in [3.05, 3.63) is 59.7 Å². The van der Waals surface area contributed by atoms with Crippen LogP contribution in [0.15, 0.2) is 53.4 Å². The monoisotopic (exact) mass is 443 g/mol. The van der Waals surface area contributed by atoms with Gasteiger partial charge in [0.2, 0.25) is 10.0 Å². The second-order valence-corrected chi connectivity index (χ2v) is 9.79. The van der Waals surface area contributed by atoms with E-state index >= 15 is 0 Å². The Morgan fingerprint density at radius 2 is 1.77 bits per heavy atom. The topological polar surface area (TPSA) is 95.6 Å². The summed E-state index contributed by atoms with van der Waals surface area (Å²) in [4.78, 5) is 24.7. The molecule has 2 aromatic carbocycles. The van der Waals surface area contributed by atoms with Crippen molar-refractivity contribution in [2.75, 3.05) is 18.4 Å². The van der Waals surface area contributed by atoms with Gasteiger partial charge in [0.25, 0.3) is 0 Å². The summed E-state index contributed by atoms with van der Waals surface area (Å²) in [7, 11) is -3.59. The average Bonchev–Trinajstić information content (AvgIpc) is 2.77. The second kappa shape index (κ2) is 10.1. The molecule has 1 atom stereocenters. The van der Waals surface area contributed by atoms with E-state index in [2.05, 4.69) is 10.6 Å². The number of nitrogens with zero attached hydrogens (tertiary/aromatic N) is 1. The summed E-state index contributed by atoms with van der Waals surface area (Å²) in [5.74, 6) is -1.46. The molecular formula is C23H29N3O4S. The number of nitrogens with one attached hydrogen (secondary N) is 2. The lowest BCUT2D eigenvalue weighted by Gasteiger charge is -2.34. The van der Waals surface area contributed by atoms with E-state index in [1.165, 1.54) is 4.31 Å². The van der Waals surface area contributed by atoms with E-state index in [4.69, 9.17) is 0 Å². The van der Waals surface area contributed by atoms with E-state index in [-0.39, 0.29) is 17.5 Å². The summed E-state index contributed by atoms with van der Waals surface area (Å²) in [6, 6.07) is 13.8. The van der Waals surface area contributed by atoms with Crippen molar-refractivity contribution in [2.45, 2.75) is 50.5 Å². The molecule has 0 spiro atoms. The average molecular weight is 444 g/mol. The predicted octanol–water partition coefficient (Wildman–Crippen LogP) is 2.99. The Bertz CT molecular complexity index is 1040. The van der Waals surface area contributed by atoms with Gasteiger partial charge in [0, 0.05) is 24.8 Å². The molecule has 31 heavy (non-hydrogen) atoms. The summed E-state index contributed by atoms with van der Waals surface area (Å²) < 4.78 is 27.6. The lowest BCUT2D eigenvalue weighted by Crippen LogP contribution is -2.45. The number of carbonyl (C=O) groups is 2. The zero-order chi connectivity index (χ0) is 22.4. The molecule has 1 aliphatic rings. The third-order valence-electron chi connectivity index (χ3n) is 5.53. The van der Waals surface area contributed by atoms with Crippen molar-refractivity contribution >= 4 is 27.5 Å². The Kier molecular flexibility index (Phi) is 7.46. The quantitative estimate of drug-likeness (QED) is 0.671. The molecule has 0 saturated carbocycles. The standard InChI is InChI=1S/C23H29N3O4S/c1-17-11-12-18(2)21(16-17)25-23(28)22(27)24-14-13-19-8-6-7-15-26(19)31(29,30)20-9-4-3-5-10-20/h3-5,9-12,16,19H,6-8,13-15H2,1-2H3,(H,24,27)(H,25,28)/t19-/m1/s1. The number of benzene rings is 2. The van der Waals surface area contributed by atoms with E-state index in [1.54, 1.807) is 30.3 Å². The molecule has 166 valence electrons. The van der Waals surface area contributed by atoms with Gasteiger partial charge in [0.05, 0.1) is 4.90 Å². The fourth-order valence-corrected chi connectivity index (χ4v) is 5.53. The maximum Gasteiger partial charge on any atom is 0.313 e. The van der Waals surface area contributed by atoms with E-state index in [0.29, 0.717) is 18.7 Å². The molecule has 3 rings (SSSR count). The Labute approximate surface area is 183 Å². The first-order valence-electron chi connectivity index (χ1n) is 10.5. The first-order chi connectivity index (χ1) is 14.8. The summed E-state index contributed by atoms with van der Waals surface area (Å²) in [6.45, 7) is 4.46. The van der Waals surface area contributed by atoms with Crippen LogP contribution in [0.3, 0.4) is 0 Å². The van der Waals surface area contributed by atoms with Gasteiger partial charge in [-0.15, -0.1) is 0 Å². The van der Waals surface area contributed by atoms with Crippen molar-refractivity contribution in [1.82, 2.24) is 9.62 Å². The smallest absolute Gasteiger partial charge is 0.313 e. The highest BCUT2D eigenvalue weighted by atomic mass is 32.2. The molecule has 1 fully saturated rings. The Balaban J connectivity index is 1.57. The first kappa shape index (κ1) is 23.0. The number of sulfonamides is 1. The van der Waals surface area contributed by atoms with E-state index in [0.717, 1.165) is 30.4 Å². The van der Waals surface area contributed by atoms with Gasteiger partial charge in [-0.2, -0.15) is 4.31 Å². The highest BCUT2D eigenvalue weighted by molar-refractivity contribution is 7.89. The number of carbonyl (C=O) groups excluding carboxylic acids is 2. The highest BCUT2D eigenvalue weighted by Crippen LogP contribution is 2.26. The number of aryl methyl sites for hydroxylation is 2. The van der Waals surface area contributed by atoms with Crippen LogP contribution in [0.2, 0.25) is 0 Å². The van der Waals surface area contributed by atoms with E-state index in [9.17, 15) is 18.0 Å². The number of piperidine rings is 1. The van der Waals surface area contributed by atoms with Crippen molar-refractivity contribution in [3.63, 3.8) is 0 Å². The normalized spacial score (nSPS) is 17.2. The van der Waals surface area contributed by atoms with Gasteiger partial charge in [-0.25, -0.2) is 8.42 Å². The SMILES string of the molecule is Cc1ccc(C)c(NC(=O)C(=O)NCC[C@H]2CCCCN2S(=O)(=O)c2ccccc2)c1. The largest absolute Gasteiger partial charge is 0.348 e. The van der Waals surface area contributed by atoms with Gasteiger partial charge >= 0.3 is 11.8 Å². The molecule has 1 heterocycles. The number of hydrogen-bond acceptors (Lipinski definition) is 4. The van der Waals surface area contributed by atoms with Crippen LogP contribution < -0.4 is 10.6 Å². The van der Waals surface area contributed by atoms with Crippen LogP contribution in [0.4, 0.5) is 5.69 Å². The van der Waals surface area contributed by atoms with Crippen molar-refractivity contribution in [2.24, 2.45) is 0 Å². The molecule has 2 amide bonds. The van der Waals surface area contributed by atoms with Gasteiger partial charge in [0.1, 0.15) is 0 Å². The molecule has 0 radical (unpaired) electrons. The van der Waals surface area contributed by atoms with Crippen LogP contribution in [0, 0.1) is 13.8 Å². The van der Waals surface area contributed by atoms with Crippen LogP contribution >= 0.6 is 0 Å². The van der Waals surface area contributed by atoms with Crippen LogP contribution in [-0.2, 0) is 19.6 Å². The minimum absolute atomic E-state index is 0.207. The molecule has 0 unspecified atom stereocenters. The first-order valence-corrected chi connectivity index (χ1v) is 12.0.